The molecule has 1 amide bonds. The van der Waals surface area contributed by atoms with Crippen molar-refractivity contribution in [1.29, 1.82) is 0 Å². The van der Waals surface area contributed by atoms with Crippen LogP contribution >= 0.6 is 0 Å². The van der Waals surface area contributed by atoms with E-state index in [1.54, 1.807) is 0 Å². The van der Waals surface area contributed by atoms with Crippen LogP contribution in [0.5, 0.6) is 5.75 Å². The van der Waals surface area contributed by atoms with Gasteiger partial charge in [0.05, 0.1) is 0 Å². The first-order valence-electron chi connectivity index (χ1n) is 7.73. The molecule has 1 aromatic carbocycles. The van der Waals surface area contributed by atoms with Gasteiger partial charge in [-0.1, -0.05) is 26.0 Å². The van der Waals surface area contributed by atoms with Crippen molar-refractivity contribution in [3.8, 4) is 5.75 Å². The fourth-order valence-corrected chi connectivity index (χ4v) is 2.35. The molecule has 1 fully saturated rings. The maximum absolute atomic E-state index is 11.7. The molecule has 4 heteroatoms. The summed E-state index contributed by atoms with van der Waals surface area (Å²) in [5.74, 6) is 1.27. The lowest BCUT2D eigenvalue weighted by atomic mass is 9.90. The molecule has 0 aromatic heterocycles. The highest BCUT2D eigenvalue weighted by molar-refractivity contribution is 5.87. The molecular weight excluding hydrogens is 264 g/mol. The highest BCUT2D eigenvalue weighted by atomic mass is 16.5. The molecular formula is C17H24N2O2. The summed E-state index contributed by atoms with van der Waals surface area (Å²) < 4.78 is 5.44. The van der Waals surface area contributed by atoms with E-state index >= 15 is 0 Å². The van der Waals surface area contributed by atoms with Gasteiger partial charge in [0.2, 0.25) is 0 Å². The lowest BCUT2D eigenvalue weighted by Gasteiger charge is -2.18. The number of aryl methyl sites for hydroxylation is 1. The number of hydrogen-bond acceptors (Lipinski definition) is 3. The molecule has 0 unspecified atom stereocenters. The Balaban J connectivity index is 1.73. The Hall–Kier alpha value is -1.84. The summed E-state index contributed by atoms with van der Waals surface area (Å²) in [6.45, 7) is 4.36. The molecule has 21 heavy (non-hydrogen) atoms. The van der Waals surface area contributed by atoms with Crippen molar-refractivity contribution in [1.82, 2.24) is 5.43 Å². The molecule has 4 nitrogen and oxygen atoms in total. The molecule has 1 aliphatic carbocycles. The lowest BCUT2D eigenvalue weighted by molar-refractivity contribution is -0.123. The number of nitrogens with one attached hydrogen (secondary N) is 1. The van der Waals surface area contributed by atoms with E-state index in [1.807, 2.05) is 24.3 Å². The van der Waals surface area contributed by atoms with Gasteiger partial charge in [-0.05, 0) is 55.7 Å². The first-order chi connectivity index (χ1) is 10.2. The number of hydrazone groups is 1. The summed E-state index contributed by atoms with van der Waals surface area (Å²) in [6, 6.07) is 7.80. The van der Waals surface area contributed by atoms with Gasteiger partial charge >= 0.3 is 0 Å². The summed E-state index contributed by atoms with van der Waals surface area (Å²) in [7, 11) is 0. The quantitative estimate of drug-likeness (QED) is 0.845. The Kier molecular flexibility index (Phi) is 5.78. The topological polar surface area (TPSA) is 50.7 Å². The van der Waals surface area contributed by atoms with E-state index in [9.17, 15) is 4.79 Å². The first kappa shape index (κ1) is 15.5. The van der Waals surface area contributed by atoms with Gasteiger partial charge in [0.1, 0.15) is 5.75 Å². The lowest BCUT2D eigenvalue weighted by Crippen LogP contribution is -2.26. The van der Waals surface area contributed by atoms with Crippen molar-refractivity contribution in [3.05, 3.63) is 29.8 Å². The second-order valence-corrected chi connectivity index (χ2v) is 5.68. The molecule has 1 N–H and O–H groups in total. The van der Waals surface area contributed by atoms with Gasteiger partial charge in [-0.2, -0.15) is 5.10 Å². The van der Waals surface area contributed by atoms with E-state index in [0.717, 1.165) is 43.7 Å². The average Bonchev–Trinajstić information content (AvgIpc) is 2.53. The predicted molar refractivity (Wildman–Crippen MR) is 84.5 cm³/mol. The van der Waals surface area contributed by atoms with Crippen molar-refractivity contribution in [2.24, 2.45) is 11.0 Å². The van der Waals surface area contributed by atoms with Crippen LogP contribution in [-0.4, -0.2) is 18.2 Å². The van der Waals surface area contributed by atoms with E-state index in [1.165, 1.54) is 5.56 Å². The number of carbonyl (C=O) groups is 1. The Morgan fingerprint density at radius 3 is 2.57 bits per heavy atom. The van der Waals surface area contributed by atoms with Gasteiger partial charge in [-0.15, -0.1) is 0 Å². The third-order valence-electron chi connectivity index (χ3n) is 3.89. The normalized spacial score (nSPS) is 18.2. The zero-order valence-corrected chi connectivity index (χ0v) is 12.9. The summed E-state index contributed by atoms with van der Waals surface area (Å²) in [5, 5.41) is 4.19. The van der Waals surface area contributed by atoms with Gasteiger partial charge in [0, 0.05) is 5.71 Å². The summed E-state index contributed by atoms with van der Waals surface area (Å²) in [6.07, 6.45) is 5.29. The standard InChI is InChI=1S/C17H24N2O2/c1-3-14-6-10-16(11-7-14)21-12-17(20)19-18-15-8-4-13(2)5-9-15/h6-7,10-11,13H,3-5,8-9,12H2,1-2H3,(H,19,20). The van der Waals surface area contributed by atoms with Crippen LogP contribution in [0.15, 0.2) is 29.4 Å². The Morgan fingerprint density at radius 1 is 1.29 bits per heavy atom. The largest absolute Gasteiger partial charge is 0.484 e. The van der Waals surface area contributed by atoms with Crippen molar-refractivity contribution in [2.45, 2.75) is 46.0 Å². The molecule has 0 atom stereocenters. The van der Waals surface area contributed by atoms with E-state index in [-0.39, 0.29) is 12.5 Å². The Morgan fingerprint density at radius 2 is 1.95 bits per heavy atom. The number of benzene rings is 1. The van der Waals surface area contributed by atoms with E-state index in [2.05, 4.69) is 24.4 Å². The van der Waals surface area contributed by atoms with Gasteiger partial charge in [0.25, 0.3) is 5.91 Å². The number of rotatable bonds is 5. The molecule has 2 rings (SSSR count). The number of hydrogen-bond donors (Lipinski definition) is 1. The number of amides is 1. The Bertz CT molecular complexity index is 484. The van der Waals surface area contributed by atoms with Crippen molar-refractivity contribution in [3.63, 3.8) is 0 Å². The van der Waals surface area contributed by atoms with Crippen LogP contribution in [0.2, 0.25) is 0 Å². The molecule has 1 aliphatic rings. The third kappa shape index (κ3) is 5.21. The summed E-state index contributed by atoms with van der Waals surface area (Å²) >= 11 is 0. The number of nitrogens with zero attached hydrogens (tertiary/aromatic N) is 1. The SMILES string of the molecule is CCc1ccc(OCC(=O)NN=C2CCC(C)CC2)cc1. The molecule has 0 bridgehead atoms. The van der Waals surface area contributed by atoms with Crippen LogP contribution in [0.25, 0.3) is 0 Å². The minimum absolute atomic E-state index is 0.00133. The van der Waals surface area contributed by atoms with Gasteiger partial charge in [-0.25, -0.2) is 5.43 Å². The third-order valence-corrected chi connectivity index (χ3v) is 3.89. The van der Waals surface area contributed by atoms with E-state index in [0.29, 0.717) is 5.75 Å². The summed E-state index contributed by atoms with van der Waals surface area (Å²) in [5.41, 5.74) is 4.93. The second kappa shape index (κ2) is 7.81. The first-order valence-corrected chi connectivity index (χ1v) is 7.73. The van der Waals surface area contributed by atoms with Crippen LogP contribution in [0.4, 0.5) is 0 Å². The highest BCUT2D eigenvalue weighted by Gasteiger charge is 2.13. The van der Waals surface area contributed by atoms with Crippen molar-refractivity contribution in [2.75, 3.05) is 6.61 Å². The second-order valence-electron chi connectivity index (χ2n) is 5.68. The van der Waals surface area contributed by atoms with Crippen LogP contribution in [0.1, 0.15) is 45.1 Å². The van der Waals surface area contributed by atoms with Crippen LogP contribution in [-0.2, 0) is 11.2 Å². The zero-order chi connectivity index (χ0) is 15.1. The fraction of sp³-hybridized carbons (Fsp3) is 0.529. The molecule has 1 saturated carbocycles. The van der Waals surface area contributed by atoms with Gasteiger partial charge in [-0.3, -0.25) is 4.79 Å². The smallest absolute Gasteiger partial charge is 0.277 e. The molecule has 0 spiro atoms. The molecule has 114 valence electrons. The van der Waals surface area contributed by atoms with Crippen molar-refractivity contribution < 1.29 is 9.53 Å². The fourth-order valence-electron chi connectivity index (χ4n) is 2.35. The average molecular weight is 288 g/mol. The maximum Gasteiger partial charge on any atom is 0.277 e. The number of carbonyl (C=O) groups excluding carboxylic acids is 1. The molecule has 0 aliphatic heterocycles. The molecule has 0 heterocycles. The zero-order valence-electron chi connectivity index (χ0n) is 12.9. The maximum atomic E-state index is 11.7. The minimum Gasteiger partial charge on any atom is -0.484 e. The van der Waals surface area contributed by atoms with Gasteiger partial charge < -0.3 is 4.74 Å². The molecule has 0 saturated heterocycles. The highest BCUT2D eigenvalue weighted by Crippen LogP contribution is 2.21. The van der Waals surface area contributed by atoms with Crippen molar-refractivity contribution >= 4 is 11.6 Å². The van der Waals surface area contributed by atoms with Gasteiger partial charge in [0.15, 0.2) is 6.61 Å². The molecule has 1 aromatic rings. The number of ether oxygens (including phenoxy) is 1. The molecule has 0 radical (unpaired) electrons. The monoisotopic (exact) mass is 288 g/mol. The van der Waals surface area contributed by atoms with Crippen LogP contribution in [0, 0.1) is 5.92 Å². The van der Waals surface area contributed by atoms with E-state index < -0.39 is 0 Å². The van der Waals surface area contributed by atoms with Crippen LogP contribution in [0.3, 0.4) is 0 Å². The Labute approximate surface area is 126 Å². The predicted octanol–water partition coefficient (Wildman–Crippen LogP) is 3.31. The summed E-state index contributed by atoms with van der Waals surface area (Å²) in [4.78, 5) is 11.7. The van der Waals surface area contributed by atoms with E-state index in [4.69, 9.17) is 4.74 Å². The minimum atomic E-state index is -0.208. The van der Waals surface area contributed by atoms with Crippen LogP contribution < -0.4 is 10.2 Å².